The maximum atomic E-state index is 5.79. The van der Waals surface area contributed by atoms with Gasteiger partial charge in [-0.3, -0.25) is 0 Å². The molecule has 0 radical (unpaired) electrons. The molecule has 0 aliphatic rings. The van der Waals surface area contributed by atoms with Gasteiger partial charge < -0.3 is 4.74 Å². The van der Waals surface area contributed by atoms with E-state index >= 15 is 0 Å². The van der Waals surface area contributed by atoms with E-state index in [0.717, 1.165) is 12.4 Å². The van der Waals surface area contributed by atoms with Gasteiger partial charge in [0.1, 0.15) is 5.75 Å². The fraction of sp³-hybridized carbons (Fsp3) is 0.600. The second kappa shape index (κ2) is 5.38. The van der Waals surface area contributed by atoms with E-state index in [-0.39, 0.29) is 0 Å². The fourth-order valence-corrected chi connectivity index (χ4v) is 2.05. The zero-order chi connectivity index (χ0) is 12.2. The third-order valence-corrected chi connectivity index (χ3v) is 2.48. The van der Waals surface area contributed by atoms with Crippen LogP contribution in [0.1, 0.15) is 39.7 Å². The molecule has 1 atom stereocenters. The number of hydrogen-bond acceptors (Lipinski definition) is 1. The van der Waals surface area contributed by atoms with Crippen molar-refractivity contribution in [1.29, 1.82) is 0 Å². The van der Waals surface area contributed by atoms with Crippen LogP contribution in [0.4, 0.5) is 0 Å². The first kappa shape index (κ1) is 13.1. The largest absolute Gasteiger partial charge is 0.493 e. The Balaban J connectivity index is 2.40. The molecule has 0 bridgehead atoms. The van der Waals surface area contributed by atoms with E-state index in [1.54, 1.807) is 0 Å². The first-order valence-corrected chi connectivity index (χ1v) is 6.06. The van der Waals surface area contributed by atoms with Crippen molar-refractivity contribution >= 4 is 0 Å². The first-order valence-electron chi connectivity index (χ1n) is 6.06. The average molecular weight is 220 g/mol. The van der Waals surface area contributed by atoms with Crippen LogP contribution in [0.5, 0.6) is 5.75 Å². The Morgan fingerprint density at radius 1 is 1.25 bits per heavy atom. The maximum absolute atomic E-state index is 5.79. The van der Waals surface area contributed by atoms with Gasteiger partial charge in [0.15, 0.2) is 0 Å². The number of hydrogen-bond donors (Lipinski definition) is 0. The molecule has 1 aromatic carbocycles. The number of aryl methyl sites for hydroxylation is 1. The molecule has 1 rings (SSSR count). The SMILES string of the molecule is Cc1cccc(OCC(C)CC(C)(C)C)c1. The van der Waals surface area contributed by atoms with Crippen LogP contribution in [0, 0.1) is 18.3 Å². The van der Waals surface area contributed by atoms with E-state index in [9.17, 15) is 0 Å². The molecule has 0 fully saturated rings. The molecule has 0 aliphatic heterocycles. The van der Waals surface area contributed by atoms with Crippen LogP contribution in [0.3, 0.4) is 0 Å². The summed E-state index contributed by atoms with van der Waals surface area (Å²) in [6.07, 6.45) is 1.19. The van der Waals surface area contributed by atoms with Gasteiger partial charge in [-0.2, -0.15) is 0 Å². The molecule has 1 aromatic rings. The van der Waals surface area contributed by atoms with Crippen molar-refractivity contribution in [3.63, 3.8) is 0 Å². The minimum absolute atomic E-state index is 0.384. The molecule has 0 spiro atoms. The van der Waals surface area contributed by atoms with Crippen molar-refractivity contribution < 1.29 is 4.74 Å². The predicted molar refractivity (Wildman–Crippen MR) is 69.9 cm³/mol. The van der Waals surface area contributed by atoms with E-state index in [1.807, 2.05) is 12.1 Å². The Bertz CT molecular complexity index is 322. The molecule has 1 unspecified atom stereocenters. The second-order valence-electron chi connectivity index (χ2n) is 6.00. The van der Waals surface area contributed by atoms with Gasteiger partial charge in [-0.1, -0.05) is 39.8 Å². The van der Waals surface area contributed by atoms with Crippen molar-refractivity contribution in [2.45, 2.75) is 41.0 Å². The molecule has 1 heteroatoms. The van der Waals surface area contributed by atoms with Crippen LogP contribution in [0.15, 0.2) is 24.3 Å². The topological polar surface area (TPSA) is 9.23 Å². The van der Waals surface area contributed by atoms with Gasteiger partial charge in [-0.05, 0) is 42.4 Å². The summed E-state index contributed by atoms with van der Waals surface area (Å²) in [7, 11) is 0. The van der Waals surface area contributed by atoms with E-state index < -0.39 is 0 Å². The molecule has 0 saturated heterocycles. The smallest absolute Gasteiger partial charge is 0.119 e. The summed E-state index contributed by atoms with van der Waals surface area (Å²) in [5, 5.41) is 0. The molecule has 0 saturated carbocycles. The second-order valence-corrected chi connectivity index (χ2v) is 6.00. The Morgan fingerprint density at radius 3 is 2.50 bits per heavy atom. The summed E-state index contributed by atoms with van der Waals surface area (Å²) >= 11 is 0. The summed E-state index contributed by atoms with van der Waals surface area (Å²) in [6.45, 7) is 12.0. The monoisotopic (exact) mass is 220 g/mol. The zero-order valence-electron chi connectivity index (χ0n) is 11.2. The summed E-state index contributed by atoms with van der Waals surface area (Å²) in [5.74, 6) is 1.58. The summed E-state index contributed by atoms with van der Waals surface area (Å²) in [5.41, 5.74) is 1.64. The first-order chi connectivity index (χ1) is 7.37. The molecule has 0 N–H and O–H groups in total. The third-order valence-electron chi connectivity index (χ3n) is 2.48. The van der Waals surface area contributed by atoms with E-state index in [0.29, 0.717) is 11.3 Å². The quantitative estimate of drug-likeness (QED) is 0.728. The van der Waals surface area contributed by atoms with Crippen LogP contribution in [0.2, 0.25) is 0 Å². The lowest BCUT2D eigenvalue weighted by atomic mass is 9.86. The Hall–Kier alpha value is -0.980. The maximum Gasteiger partial charge on any atom is 0.119 e. The van der Waals surface area contributed by atoms with E-state index in [4.69, 9.17) is 4.74 Å². The lowest BCUT2D eigenvalue weighted by Gasteiger charge is -2.23. The van der Waals surface area contributed by atoms with Crippen LogP contribution >= 0.6 is 0 Å². The molecular formula is C15H24O. The zero-order valence-corrected chi connectivity index (χ0v) is 11.2. The molecule has 16 heavy (non-hydrogen) atoms. The highest BCUT2D eigenvalue weighted by Crippen LogP contribution is 2.24. The average Bonchev–Trinajstić information content (AvgIpc) is 2.12. The molecule has 1 nitrogen and oxygen atoms in total. The number of ether oxygens (including phenoxy) is 1. The standard InChI is InChI=1S/C15H24O/c1-12-7-6-8-14(9-12)16-11-13(2)10-15(3,4)5/h6-9,13H,10-11H2,1-5H3. The lowest BCUT2D eigenvalue weighted by Crippen LogP contribution is -2.16. The summed E-state index contributed by atoms with van der Waals surface area (Å²) in [6, 6.07) is 8.24. The molecule has 0 amide bonds. The molecule has 90 valence electrons. The van der Waals surface area contributed by atoms with Gasteiger partial charge in [-0.15, -0.1) is 0 Å². The van der Waals surface area contributed by atoms with Crippen LogP contribution in [0.25, 0.3) is 0 Å². The van der Waals surface area contributed by atoms with Gasteiger partial charge in [-0.25, -0.2) is 0 Å². The molecule has 0 heterocycles. The number of rotatable bonds is 4. The minimum atomic E-state index is 0.384. The van der Waals surface area contributed by atoms with Gasteiger partial charge >= 0.3 is 0 Å². The highest BCUT2D eigenvalue weighted by atomic mass is 16.5. The lowest BCUT2D eigenvalue weighted by molar-refractivity contribution is 0.207. The highest BCUT2D eigenvalue weighted by molar-refractivity contribution is 5.27. The highest BCUT2D eigenvalue weighted by Gasteiger charge is 2.15. The summed E-state index contributed by atoms with van der Waals surface area (Å²) < 4.78 is 5.79. The number of benzene rings is 1. The Kier molecular flexibility index (Phi) is 4.40. The Morgan fingerprint density at radius 2 is 1.94 bits per heavy atom. The van der Waals surface area contributed by atoms with Gasteiger partial charge in [0.25, 0.3) is 0 Å². The van der Waals surface area contributed by atoms with Crippen LogP contribution in [-0.4, -0.2) is 6.61 Å². The fourth-order valence-electron chi connectivity index (χ4n) is 2.05. The van der Waals surface area contributed by atoms with Gasteiger partial charge in [0.05, 0.1) is 6.61 Å². The van der Waals surface area contributed by atoms with Crippen molar-refractivity contribution in [3.05, 3.63) is 29.8 Å². The van der Waals surface area contributed by atoms with E-state index in [1.165, 1.54) is 12.0 Å². The Labute approximate surface area is 99.8 Å². The van der Waals surface area contributed by atoms with Crippen molar-refractivity contribution in [3.8, 4) is 5.75 Å². The predicted octanol–water partition coefficient (Wildman–Crippen LogP) is 4.45. The van der Waals surface area contributed by atoms with Crippen molar-refractivity contribution in [2.24, 2.45) is 11.3 Å². The molecule has 0 aromatic heterocycles. The third kappa shape index (κ3) is 5.20. The van der Waals surface area contributed by atoms with Gasteiger partial charge in [0, 0.05) is 0 Å². The normalized spacial score (nSPS) is 13.6. The molecule has 0 aliphatic carbocycles. The van der Waals surface area contributed by atoms with Gasteiger partial charge in [0.2, 0.25) is 0 Å². The van der Waals surface area contributed by atoms with Crippen molar-refractivity contribution in [2.75, 3.05) is 6.61 Å². The van der Waals surface area contributed by atoms with Crippen LogP contribution in [-0.2, 0) is 0 Å². The molecular weight excluding hydrogens is 196 g/mol. The van der Waals surface area contributed by atoms with Crippen molar-refractivity contribution in [1.82, 2.24) is 0 Å². The van der Waals surface area contributed by atoms with E-state index in [2.05, 4.69) is 46.8 Å². The minimum Gasteiger partial charge on any atom is -0.493 e. The summed E-state index contributed by atoms with van der Waals surface area (Å²) in [4.78, 5) is 0. The van der Waals surface area contributed by atoms with Crippen LogP contribution < -0.4 is 4.74 Å².